The number of hydrogen-bond donors (Lipinski definition) is 0. The van der Waals surface area contributed by atoms with Crippen LogP contribution in [0.25, 0.3) is 10.1 Å². The number of aromatic nitrogens is 1. The number of non-ortho nitro benzene ring substituents is 1. The Labute approximate surface area is 85.6 Å². The molecule has 0 spiro atoms. The van der Waals surface area contributed by atoms with Crippen molar-refractivity contribution in [3.8, 4) is 0 Å². The zero-order valence-electron chi connectivity index (χ0n) is 6.23. The van der Waals surface area contributed by atoms with Gasteiger partial charge < -0.3 is 0 Å². The van der Waals surface area contributed by atoms with Crippen molar-refractivity contribution in [1.29, 1.82) is 0 Å². The highest BCUT2D eigenvalue weighted by Crippen LogP contribution is 2.29. The van der Waals surface area contributed by atoms with Crippen LogP contribution < -0.4 is 0 Å². The van der Waals surface area contributed by atoms with Gasteiger partial charge in [-0.3, -0.25) is 10.1 Å². The molecule has 0 aliphatic heterocycles. The molecule has 0 N–H and O–H groups in total. The van der Waals surface area contributed by atoms with Gasteiger partial charge in [0.2, 0.25) is 0 Å². The van der Waals surface area contributed by atoms with E-state index < -0.39 is 4.92 Å². The number of fused-ring (bicyclic) bond motifs is 1. The molecule has 6 heteroatoms. The van der Waals surface area contributed by atoms with Crippen molar-refractivity contribution in [2.45, 2.75) is 0 Å². The normalized spacial score (nSPS) is 10.5. The largest absolute Gasteiger partial charge is 0.270 e. The molecule has 1 aromatic carbocycles. The summed E-state index contributed by atoms with van der Waals surface area (Å²) < 4.78 is 5.59. The summed E-state index contributed by atoms with van der Waals surface area (Å²) in [6.45, 7) is 0. The van der Waals surface area contributed by atoms with Crippen molar-refractivity contribution < 1.29 is 4.92 Å². The fourth-order valence-corrected chi connectivity index (χ4v) is 2.42. The fraction of sp³-hybridized carbons (Fsp3) is 0. The molecule has 4 nitrogen and oxygen atoms in total. The Morgan fingerprint density at radius 3 is 3.00 bits per heavy atom. The van der Waals surface area contributed by atoms with Gasteiger partial charge in [-0.25, -0.2) is 0 Å². The zero-order chi connectivity index (χ0) is 9.42. The van der Waals surface area contributed by atoms with Crippen LogP contribution in [0.15, 0.2) is 22.8 Å². The van der Waals surface area contributed by atoms with Crippen LogP contribution in [0.5, 0.6) is 0 Å². The molecule has 0 saturated carbocycles. The first-order valence-electron chi connectivity index (χ1n) is 3.38. The van der Waals surface area contributed by atoms with E-state index in [0.29, 0.717) is 0 Å². The van der Waals surface area contributed by atoms with E-state index in [1.807, 2.05) is 0 Å². The lowest BCUT2D eigenvalue weighted by atomic mass is 10.2. The Kier molecular flexibility index (Phi) is 2.01. The molecule has 1 heterocycles. The average molecular weight is 259 g/mol. The summed E-state index contributed by atoms with van der Waals surface area (Å²) in [5.74, 6) is 0. The molecule has 2 aromatic rings. The molecular weight excluding hydrogens is 256 g/mol. The van der Waals surface area contributed by atoms with E-state index in [4.69, 9.17) is 0 Å². The topological polar surface area (TPSA) is 56.0 Å². The van der Waals surface area contributed by atoms with Crippen LogP contribution in [0.3, 0.4) is 0 Å². The number of nitro groups is 1. The maximum absolute atomic E-state index is 10.4. The van der Waals surface area contributed by atoms with Gasteiger partial charge in [0, 0.05) is 17.5 Å². The molecule has 0 fully saturated rings. The van der Waals surface area contributed by atoms with Gasteiger partial charge in [-0.15, -0.1) is 0 Å². The zero-order valence-corrected chi connectivity index (χ0v) is 8.63. The van der Waals surface area contributed by atoms with Crippen molar-refractivity contribution in [1.82, 2.24) is 4.37 Å². The minimum absolute atomic E-state index is 0.101. The van der Waals surface area contributed by atoms with Crippen molar-refractivity contribution in [3.05, 3.63) is 32.9 Å². The molecule has 66 valence electrons. The minimum atomic E-state index is -0.410. The Bertz CT molecular complexity index is 482. The minimum Gasteiger partial charge on any atom is -0.258 e. The quantitative estimate of drug-likeness (QED) is 0.584. The third-order valence-corrected chi connectivity index (χ3v) is 3.27. The first kappa shape index (κ1) is 8.58. The molecule has 0 bridgehead atoms. The third kappa shape index (κ3) is 1.42. The molecular formula is C7H3BrN2O2S. The second-order valence-electron chi connectivity index (χ2n) is 2.41. The molecule has 0 saturated heterocycles. The van der Waals surface area contributed by atoms with Gasteiger partial charge in [-0.1, -0.05) is 0 Å². The monoisotopic (exact) mass is 258 g/mol. The van der Waals surface area contributed by atoms with Crippen LogP contribution in [0.4, 0.5) is 5.69 Å². The summed E-state index contributed by atoms with van der Waals surface area (Å²) in [6.07, 6.45) is 0. The maximum Gasteiger partial charge on any atom is 0.270 e. The first-order valence-corrected chi connectivity index (χ1v) is 4.94. The van der Waals surface area contributed by atoms with E-state index in [-0.39, 0.29) is 5.69 Å². The lowest BCUT2D eigenvalue weighted by molar-refractivity contribution is -0.384. The molecule has 2 rings (SSSR count). The van der Waals surface area contributed by atoms with Crippen molar-refractivity contribution in [3.63, 3.8) is 0 Å². The summed E-state index contributed by atoms with van der Waals surface area (Å²) in [5, 5.41) is 11.3. The van der Waals surface area contributed by atoms with E-state index >= 15 is 0 Å². The average Bonchev–Trinajstić information content (AvgIpc) is 2.47. The Hall–Kier alpha value is -1.01. The predicted molar refractivity (Wildman–Crippen MR) is 54.0 cm³/mol. The number of nitrogens with zero attached hydrogens (tertiary/aromatic N) is 2. The molecule has 0 amide bonds. The van der Waals surface area contributed by atoms with E-state index in [0.717, 1.165) is 14.7 Å². The molecule has 0 unspecified atom stereocenters. The van der Waals surface area contributed by atoms with Crippen LogP contribution in [-0.4, -0.2) is 9.30 Å². The smallest absolute Gasteiger partial charge is 0.258 e. The Balaban J connectivity index is 2.70. The summed E-state index contributed by atoms with van der Waals surface area (Å²) in [6, 6.07) is 4.69. The van der Waals surface area contributed by atoms with Crippen molar-refractivity contribution in [2.75, 3.05) is 0 Å². The lowest BCUT2D eigenvalue weighted by Crippen LogP contribution is -1.85. The number of halogens is 1. The van der Waals surface area contributed by atoms with Crippen LogP contribution >= 0.6 is 27.5 Å². The lowest BCUT2D eigenvalue weighted by Gasteiger charge is -1.90. The SMILES string of the molecule is O=[N+]([O-])c1ccc2c(Br)nsc2c1. The number of benzene rings is 1. The second-order valence-corrected chi connectivity index (χ2v) is 3.97. The predicted octanol–water partition coefficient (Wildman–Crippen LogP) is 2.97. The summed E-state index contributed by atoms with van der Waals surface area (Å²) in [5.41, 5.74) is 0.101. The first-order chi connectivity index (χ1) is 6.18. The van der Waals surface area contributed by atoms with Crippen LogP contribution in [0, 0.1) is 10.1 Å². The summed E-state index contributed by atoms with van der Waals surface area (Å²) in [7, 11) is 0. The summed E-state index contributed by atoms with van der Waals surface area (Å²) >= 11 is 4.50. The van der Waals surface area contributed by atoms with Crippen LogP contribution in [0.2, 0.25) is 0 Å². The Morgan fingerprint density at radius 2 is 2.31 bits per heavy atom. The molecule has 13 heavy (non-hydrogen) atoms. The van der Waals surface area contributed by atoms with Gasteiger partial charge in [0.05, 0.1) is 9.62 Å². The molecule has 1 aromatic heterocycles. The van der Waals surface area contributed by atoms with Crippen LogP contribution in [-0.2, 0) is 0 Å². The highest BCUT2D eigenvalue weighted by atomic mass is 79.9. The molecule has 0 aliphatic rings. The van der Waals surface area contributed by atoms with Gasteiger partial charge >= 0.3 is 0 Å². The molecule has 0 atom stereocenters. The third-order valence-electron chi connectivity index (χ3n) is 1.62. The van der Waals surface area contributed by atoms with Gasteiger partial charge in [0.25, 0.3) is 5.69 Å². The number of rotatable bonds is 1. The number of hydrogen-bond acceptors (Lipinski definition) is 4. The van der Waals surface area contributed by atoms with Crippen molar-refractivity contribution in [2.24, 2.45) is 0 Å². The van der Waals surface area contributed by atoms with E-state index in [1.165, 1.54) is 23.7 Å². The van der Waals surface area contributed by atoms with E-state index in [9.17, 15) is 10.1 Å². The van der Waals surface area contributed by atoms with Crippen molar-refractivity contribution >= 4 is 43.2 Å². The number of nitro benzene ring substituents is 1. The van der Waals surface area contributed by atoms with E-state index in [2.05, 4.69) is 20.3 Å². The van der Waals surface area contributed by atoms with Gasteiger partial charge in [0.1, 0.15) is 4.60 Å². The standard InChI is InChI=1S/C7H3BrN2O2S/c8-7-5-2-1-4(10(11)12)3-6(5)13-9-7/h1-3H. The molecule has 0 aliphatic carbocycles. The second kappa shape index (κ2) is 3.04. The Morgan fingerprint density at radius 1 is 1.54 bits per heavy atom. The van der Waals surface area contributed by atoms with Gasteiger partial charge in [-0.05, 0) is 33.5 Å². The van der Waals surface area contributed by atoms with Gasteiger partial charge in [-0.2, -0.15) is 4.37 Å². The maximum atomic E-state index is 10.4. The van der Waals surface area contributed by atoms with Gasteiger partial charge in [0.15, 0.2) is 0 Å². The fourth-order valence-electron chi connectivity index (χ4n) is 1.01. The summed E-state index contributed by atoms with van der Waals surface area (Å²) in [4.78, 5) is 10.0. The van der Waals surface area contributed by atoms with Crippen LogP contribution in [0.1, 0.15) is 0 Å². The molecule has 0 radical (unpaired) electrons. The highest BCUT2D eigenvalue weighted by molar-refractivity contribution is 9.10. The highest BCUT2D eigenvalue weighted by Gasteiger charge is 2.09. The van der Waals surface area contributed by atoms with E-state index in [1.54, 1.807) is 6.07 Å².